The first kappa shape index (κ1) is 40.5. The Morgan fingerprint density at radius 2 is 1.18 bits per heavy atom. The third-order valence-electron chi connectivity index (χ3n) is 9.84. The van der Waals surface area contributed by atoms with Crippen LogP contribution >= 0.6 is 11.8 Å². The third kappa shape index (κ3) is 11.9. The van der Waals surface area contributed by atoms with Gasteiger partial charge in [-0.2, -0.15) is 0 Å². The van der Waals surface area contributed by atoms with Crippen LogP contribution in [0, 0.1) is 0 Å². The van der Waals surface area contributed by atoms with E-state index in [0.29, 0.717) is 17.7 Å². The van der Waals surface area contributed by atoms with Gasteiger partial charge in [0.15, 0.2) is 0 Å². The number of benzene rings is 4. The van der Waals surface area contributed by atoms with Crippen LogP contribution in [0.1, 0.15) is 42.4 Å². The predicted molar refractivity (Wildman–Crippen MR) is 219 cm³/mol. The zero-order chi connectivity index (χ0) is 40.1. The number of carbonyl (C=O) groups excluding carboxylic acids is 5. The van der Waals surface area contributed by atoms with Crippen molar-refractivity contribution in [3.63, 3.8) is 0 Å². The molecule has 0 saturated carbocycles. The summed E-state index contributed by atoms with van der Waals surface area (Å²) in [5.74, 6) is -4.18. The minimum Gasteiger partial charge on any atom is -0.480 e. The molecule has 0 saturated heterocycles. The number of thioether (sulfide) groups is 1. The molecule has 13 heteroatoms. The summed E-state index contributed by atoms with van der Waals surface area (Å²) in [4.78, 5) is 81.1. The van der Waals surface area contributed by atoms with Crippen molar-refractivity contribution in [2.75, 3.05) is 5.32 Å². The number of carboxylic acid groups (broad SMARTS) is 1. The molecule has 0 spiro atoms. The Labute approximate surface area is 335 Å². The molecule has 5 amide bonds. The lowest BCUT2D eigenvalue weighted by molar-refractivity contribution is -0.142. The number of aliphatic carboxylic acids is 1. The molecule has 3 aliphatic rings. The number of hydrogen-bond donors (Lipinski definition) is 6. The van der Waals surface area contributed by atoms with Crippen molar-refractivity contribution in [3.8, 4) is 11.1 Å². The fraction of sp³-hybridized carbons (Fsp3) is 0.273. The Hall–Kier alpha value is -6.21. The highest BCUT2D eigenvalue weighted by Crippen LogP contribution is 2.28. The topological polar surface area (TPSA) is 183 Å². The molecule has 7 rings (SSSR count). The second-order valence-electron chi connectivity index (χ2n) is 14.1. The molecule has 5 atom stereocenters. The van der Waals surface area contributed by atoms with E-state index in [-0.39, 0.29) is 43.8 Å². The van der Waals surface area contributed by atoms with Crippen molar-refractivity contribution >= 4 is 53.0 Å². The number of carboxylic acids is 1. The average Bonchev–Trinajstić information content (AvgIpc) is 3.73. The van der Waals surface area contributed by atoms with Gasteiger partial charge in [0.25, 0.3) is 0 Å². The van der Waals surface area contributed by atoms with E-state index < -0.39 is 59.7 Å². The van der Waals surface area contributed by atoms with Crippen molar-refractivity contribution in [1.82, 2.24) is 21.3 Å². The van der Waals surface area contributed by atoms with Crippen molar-refractivity contribution in [1.29, 1.82) is 0 Å². The summed E-state index contributed by atoms with van der Waals surface area (Å²) >= 11 is 1.54. The molecular weight excluding hydrogens is 743 g/mol. The lowest BCUT2D eigenvalue weighted by atomic mass is 9.99. The second-order valence-corrected chi connectivity index (χ2v) is 15.4. The highest BCUT2D eigenvalue weighted by Gasteiger charge is 2.33. The van der Waals surface area contributed by atoms with E-state index in [0.717, 1.165) is 22.3 Å². The fourth-order valence-corrected chi connectivity index (χ4v) is 7.71. The quantitative estimate of drug-likeness (QED) is 0.141. The van der Waals surface area contributed by atoms with Gasteiger partial charge < -0.3 is 31.7 Å². The number of nitrogens with one attached hydrogen (secondary N) is 5. The lowest BCUT2D eigenvalue weighted by Gasteiger charge is -2.27. The van der Waals surface area contributed by atoms with Crippen molar-refractivity contribution in [2.45, 2.75) is 74.4 Å². The number of rotatable bonds is 8. The summed E-state index contributed by atoms with van der Waals surface area (Å²) in [5, 5.41) is 25.9. The standard InChI is InChI=1S/C44H45N5O7S/c50-39-21-22-40(51)46-37(27-34-12-7-23-57-34)43(54)48-36(25-29-13-17-32(18-14-29)31-10-5-2-6-11-31)41(52)47-35(24-28-8-3-1-4-9-28)42(53)49-38(44(55)56)26-30-15-19-33(45-39)20-16-30/h1-11,13-20,23,34-38H,12,21-22,24-27H2,(H,45,50)(H,46,51)(H,47,52)(H,48,54)(H,49,53)(H,55,56)/t34?,35-,36+,37+,38+/m1/s1. The minimum atomic E-state index is -1.35. The summed E-state index contributed by atoms with van der Waals surface area (Å²) in [5.41, 5.74) is 4.44. The van der Waals surface area contributed by atoms with Crippen molar-refractivity contribution < 1.29 is 33.9 Å². The number of anilines is 1. The van der Waals surface area contributed by atoms with Crippen LogP contribution in [0.5, 0.6) is 0 Å². The van der Waals surface area contributed by atoms with Crippen LogP contribution in [0.3, 0.4) is 0 Å². The Balaban J connectivity index is 1.33. The first-order valence-electron chi connectivity index (χ1n) is 18.9. The molecule has 6 N–H and O–H groups in total. The van der Waals surface area contributed by atoms with E-state index in [1.165, 1.54) is 0 Å². The van der Waals surface area contributed by atoms with E-state index >= 15 is 0 Å². The Bertz CT molecular complexity index is 2070. The Kier molecular flexibility index (Phi) is 13.9. The summed E-state index contributed by atoms with van der Waals surface area (Å²) < 4.78 is 0. The third-order valence-corrected chi connectivity index (χ3v) is 11.0. The molecule has 4 aromatic rings. The second kappa shape index (κ2) is 19.6. The van der Waals surface area contributed by atoms with Crippen LogP contribution in [-0.4, -0.2) is 70.0 Å². The summed E-state index contributed by atoms with van der Waals surface area (Å²) in [7, 11) is 0. The minimum absolute atomic E-state index is 0.000681. The number of carbonyl (C=O) groups is 6. The molecule has 3 heterocycles. The van der Waals surface area contributed by atoms with Crippen molar-refractivity contribution in [3.05, 3.63) is 137 Å². The first-order valence-corrected chi connectivity index (χ1v) is 19.8. The van der Waals surface area contributed by atoms with Crippen LogP contribution < -0.4 is 26.6 Å². The van der Waals surface area contributed by atoms with E-state index in [4.69, 9.17) is 0 Å². The molecule has 0 radical (unpaired) electrons. The van der Waals surface area contributed by atoms with Gasteiger partial charge in [-0.05, 0) is 58.2 Å². The number of allylic oxidation sites excluding steroid dienone is 1. The molecule has 57 heavy (non-hydrogen) atoms. The van der Waals surface area contributed by atoms with Crippen LogP contribution in [0.15, 0.2) is 121 Å². The summed E-state index contributed by atoms with van der Waals surface area (Å²) in [6, 6.07) is 28.1. The Morgan fingerprint density at radius 3 is 1.79 bits per heavy atom. The highest BCUT2D eigenvalue weighted by atomic mass is 32.2. The normalized spacial score (nSPS) is 22.3. The molecule has 0 fully saturated rings. The van der Waals surface area contributed by atoms with Crippen LogP contribution in [0.2, 0.25) is 0 Å². The zero-order valence-corrected chi connectivity index (χ0v) is 32.0. The maximum absolute atomic E-state index is 14.4. The fourth-order valence-electron chi connectivity index (χ4n) is 6.74. The van der Waals surface area contributed by atoms with E-state index in [1.54, 1.807) is 60.3 Å². The van der Waals surface area contributed by atoms with Gasteiger partial charge in [-0.3, -0.25) is 24.0 Å². The predicted octanol–water partition coefficient (Wildman–Crippen LogP) is 4.55. The number of fused-ring (bicyclic) bond motifs is 18. The lowest BCUT2D eigenvalue weighted by Crippen LogP contribution is -2.59. The SMILES string of the molecule is O=C1CCC(=O)N[C@@H](CC2CC=CS2)C(=O)N[C@@H](Cc2ccc(-c3ccccc3)cc2)C(=O)N[C@H](Cc2ccccc2)C(=O)N[C@H](C(=O)O)Cc2ccc(cc2)N1. The molecule has 0 aromatic heterocycles. The maximum atomic E-state index is 14.4. The van der Waals surface area contributed by atoms with Gasteiger partial charge in [-0.15, -0.1) is 11.8 Å². The highest BCUT2D eigenvalue weighted by molar-refractivity contribution is 8.03. The van der Waals surface area contributed by atoms with Gasteiger partial charge in [-0.1, -0.05) is 103 Å². The molecule has 2 bridgehead atoms. The van der Waals surface area contributed by atoms with Gasteiger partial charge in [0.1, 0.15) is 24.2 Å². The average molecular weight is 788 g/mol. The monoisotopic (exact) mass is 787 g/mol. The van der Waals surface area contributed by atoms with Gasteiger partial charge in [0.05, 0.1) is 0 Å². The van der Waals surface area contributed by atoms with Gasteiger partial charge >= 0.3 is 5.97 Å². The van der Waals surface area contributed by atoms with Gasteiger partial charge in [0, 0.05) is 43.0 Å². The Morgan fingerprint density at radius 1 is 0.614 bits per heavy atom. The molecule has 3 aliphatic heterocycles. The summed E-state index contributed by atoms with van der Waals surface area (Å²) in [6.45, 7) is 0. The van der Waals surface area contributed by atoms with E-state index in [1.807, 2.05) is 72.1 Å². The maximum Gasteiger partial charge on any atom is 0.326 e. The molecule has 12 nitrogen and oxygen atoms in total. The van der Waals surface area contributed by atoms with E-state index in [9.17, 15) is 33.9 Å². The van der Waals surface area contributed by atoms with Crippen molar-refractivity contribution in [2.24, 2.45) is 0 Å². The van der Waals surface area contributed by atoms with E-state index in [2.05, 4.69) is 26.6 Å². The molecule has 1 unspecified atom stereocenters. The van der Waals surface area contributed by atoms with Crippen LogP contribution in [-0.2, 0) is 48.0 Å². The number of hydrogen-bond acceptors (Lipinski definition) is 7. The van der Waals surface area contributed by atoms with Crippen LogP contribution in [0.4, 0.5) is 5.69 Å². The van der Waals surface area contributed by atoms with Crippen LogP contribution in [0.25, 0.3) is 11.1 Å². The molecular formula is C44H45N5O7S. The summed E-state index contributed by atoms with van der Waals surface area (Å²) in [6.07, 6.45) is 2.62. The largest absolute Gasteiger partial charge is 0.480 e. The van der Waals surface area contributed by atoms with Gasteiger partial charge in [0.2, 0.25) is 29.5 Å². The molecule has 4 aromatic carbocycles. The zero-order valence-electron chi connectivity index (χ0n) is 31.2. The first-order chi connectivity index (χ1) is 27.6. The molecule has 0 aliphatic carbocycles. The molecule has 294 valence electrons. The number of amides is 5. The smallest absolute Gasteiger partial charge is 0.326 e. The van der Waals surface area contributed by atoms with Gasteiger partial charge in [-0.25, -0.2) is 4.79 Å².